The average molecular weight is 392 g/mol. The number of hydrogen-bond acceptors (Lipinski definition) is 7. The lowest BCUT2D eigenvalue weighted by molar-refractivity contribution is -0.127. The summed E-state index contributed by atoms with van der Waals surface area (Å²) in [6.07, 6.45) is -4.03. The van der Waals surface area contributed by atoms with E-state index in [-0.39, 0.29) is 31.5 Å². The summed E-state index contributed by atoms with van der Waals surface area (Å²) in [6, 6.07) is 0. The van der Waals surface area contributed by atoms with Crippen LogP contribution >= 0.6 is 11.3 Å². The highest BCUT2D eigenvalue weighted by molar-refractivity contribution is 7.19. The molecule has 0 unspecified atom stereocenters. The molecule has 26 heavy (non-hydrogen) atoms. The summed E-state index contributed by atoms with van der Waals surface area (Å²) in [5, 5.41) is 4.07. The smallest absolute Gasteiger partial charge is 0.409 e. The van der Waals surface area contributed by atoms with Gasteiger partial charge in [-0.25, -0.2) is 9.78 Å². The molecule has 1 aromatic rings. The fraction of sp³-hybridized carbons (Fsp3) is 0.533. The molecule has 7 nitrogen and oxygen atoms in total. The lowest BCUT2D eigenvalue weighted by atomic mass is 10.3. The second-order valence-corrected chi connectivity index (χ2v) is 6.31. The van der Waals surface area contributed by atoms with Crippen LogP contribution in [-0.4, -0.2) is 67.8 Å². The summed E-state index contributed by atoms with van der Waals surface area (Å²) in [5.41, 5.74) is 0.195. The fourth-order valence-electron chi connectivity index (χ4n) is 2.34. The Morgan fingerprint density at radius 2 is 1.96 bits per heavy atom. The van der Waals surface area contributed by atoms with E-state index in [1.807, 2.05) is 4.90 Å². The lowest BCUT2D eigenvalue weighted by Gasteiger charge is -2.34. The number of ether oxygens (including phenoxy) is 1. The first kappa shape index (κ1) is 20.0. The minimum atomic E-state index is -4.51. The van der Waals surface area contributed by atoms with Crippen LogP contribution in [0.1, 0.15) is 17.4 Å². The van der Waals surface area contributed by atoms with Gasteiger partial charge < -0.3 is 19.9 Å². The molecule has 1 amide bonds. The maximum Gasteiger partial charge on any atom is 0.409 e. The number of anilines is 2. The number of alkyl halides is 3. The third-order valence-electron chi connectivity index (χ3n) is 3.59. The Morgan fingerprint density at radius 1 is 1.31 bits per heavy atom. The SMILES string of the molecule is CCOC(=O)c1nc(N2CCN(C(=O)/C=C/C(F)(F)F)CC2)sc1NC. The van der Waals surface area contributed by atoms with Crippen LogP contribution in [0.25, 0.3) is 0 Å². The molecule has 0 atom stereocenters. The van der Waals surface area contributed by atoms with Gasteiger partial charge in [0, 0.05) is 45.4 Å². The zero-order chi connectivity index (χ0) is 19.3. The molecule has 0 aliphatic carbocycles. The highest BCUT2D eigenvalue weighted by atomic mass is 32.1. The van der Waals surface area contributed by atoms with Crippen LogP contribution in [0, 0.1) is 0 Å². The van der Waals surface area contributed by atoms with Crippen molar-refractivity contribution in [2.75, 3.05) is 50.1 Å². The van der Waals surface area contributed by atoms with E-state index in [1.165, 1.54) is 16.2 Å². The number of esters is 1. The second-order valence-electron chi connectivity index (χ2n) is 5.33. The Kier molecular flexibility index (Phi) is 6.46. The first-order chi connectivity index (χ1) is 12.2. The molecule has 1 aliphatic rings. The van der Waals surface area contributed by atoms with Crippen molar-refractivity contribution >= 4 is 33.3 Å². The number of carbonyl (C=O) groups is 2. The van der Waals surface area contributed by atoms with Crippen LogP contribution in [0.5, 0.6) is 0 Å². The molecule has 1 fully saturated rings. The lowest BCUT2D eigenvalue weighted by Crippen LogP contribution is -2.48. The molecule has 0 bridgehead atoms. The largest absolute Gasteiger partial charge is 0.461 e. The molecule has 2 rings (SSSR count). The Bertz CT molecular complexity index is 682. The average Bonchev–Trinajstić information content (AvgIpc) is 3.04. The minimum Gasteiger partial charge on any atom is -0.461 e. The van der Waals surface area contributed by atoms with Gasteiger partial charge in [0.05, 0.1) is 6.61 Å². The minimum absolute atomic E-state index is 0.0622. The van der Waals surface area contributed by atoms with Crippen molar-refractivity contribution in [3.05, 3.63) is 17.8 Å². The summed E-state index contributed by atoms with van der Waals surface area (Å²) in [4.78, 5) is 31.2. The first-order valence-corrected chi connectivity index (χ1v) is 8.72. The van der Waals surface area contributed by atoms with Gasteiger partial charge in [0.2, 0.25) is 5.91 Å². The van der Waals surface area contributed by atoms with Gasteiger partial charge in [-0.05, 0) is 6.92 Å². The Hall–Kier alpha value is -2.30. The number of rotatable bonds is 5. The summed E-state index contributed by atoms with van der Waals surface area (Å²) in [6.45, 7) is 3.29. The second kappa shape index (κ2) is 8.39. The van der Waals surface area contributed by atoms with E-state index in [9.17, 15) is 22.8 Å². The summed E-state index contributed by atoms with van der Waals surface area (Å²) in [7, 11) is 1.67. The molecule has 0 spiro atoms. The Morgan fingerprint density at radius 3 is 2.50 bits per heavy atom. The van der Waals surface area contributed by atoms with E-state index < -0.39 is 18.1 Å². The van der Waals surface area contributed by atoms with Crippen molar-refractivity contribution in [3.63, 3.8) is 0 Å². The van der Waals surface area contributed by atoms with Crippen LogP contribution in [0.3, 0.4) is 0 Å². The Labute approximate surface area is 152 Å². The van der Waals surface area contributed by atoms with Crippen molar-refractivity contribution < 1.29 is 27.5 Å². The van der Waals surface area contributed by atoms with Gasteiger partial charge in [-0.2, -0.15) is 13.2 Å². The number of halogens is 3. The number of nitrogens with one attached hydrogen (secondary N) is 1. The molecular formula is C15H19F3N4O3S. The van der Waals surface area contributed by atoms with E-state index in [0.29, 0.717) is 29.3 Å². The molecule has 1 aliphatic heterocycles. The molecule has 0 aromatic carbocycles. The van der Waals surface area contributed by atoms with Crippen molar-refractivity contribution in [2.45, 2.75) is 13.1 Å². The number of allylic oxidation sites excluding steroid dienone is 1. The number of thiazole rings is 1. The predicted octanol–water partition coefficient (Wildman–Crippen LogP) is 2.13. The molecule has 144 valence electrons. The van der Waals surface area contributed by atoms with Gasteiger partial charge in [0.15, 0.2) is 10.8 Å². The van der Waals surface area contributed by atoms with E-state index >= 15 is 0 Å². The molecule has 1 aromatic heterocycles. The van der Waals surface area contributed by atoms with E-state index in [2.05, 4.69) is 10.3 Å². The zero-order valence-electron chi connectivity index (χ0n) is 14.3. The topological polar surface area (TPSA) is 74.8 Å². The number of hydrogen-bond donors (Lipinski definition) is 1. The maximum absolute atomic E-state index is 12.1. The Balaban J connectivity index is 2.00. The zero-order valence-corrected chi connectivity index (χ0v) is 15.1. The fourth-order valence-corrected chi connectivity index (χ4v) is 3.30. The number of carbonyl (C=O) groups excluding carboxylic acids is 2. The first-order valence-electron chi connectivity index (χ1n) is 7.90. The van der Waals surface area contributed by atoms with Gasteiger partial charge >= 0.3 is 12.1 Å². The normalized spacial score (nSPS) is 15.4. The van der Waals surface area contributed by atoms with Crippen LogP contribution < -0.4 is 10.2 Å². The van der Waals surface area contributed by atoms with Crippen LogP contribution in [0.15, 0.2) is 12.2 Å². The maximum atomic E-state index is 12.1. The van der Waals surface area contributed by atoms with Crippen molar-refractivity contribution in [1.29, 1.82) is 0 Å². The number of nitrogens with zero attached hydrogens (tertiary/aromatic N) is 3. The molecule has 1 N–H and O–H groups in total. The van der Waals surface area contributed by atoms with Crippen molar-refractivity contribution in [1.82, 2.24) is 9.88 Å². The molecule has 0 saturated carbocycles. The van der Waals surface area contributed by atoms with E-state index in [4.69, 9.17) is 4.74 Å². The summed E-state index contributed by atoms with van der Waals surface area (Å²) in [5.74, 6) is -1.20. The predicted molar refractivity (Wildman–Crippen MR) is 91.6 cm³/mol. The number of aromatic nitrogens is 1. The quantitative estimate of drug-likeness (QED) is 0.611. The van der Waals surface area contributed by atoms with Gasteiger partial charge in [0.1, 0.15) is 5.00 Å². The van der Waals surface area contributed by atoms with Gasteiger partial charge in [0.25, 0.3) is 0 Å². The number of amides is 1. The molecule has 0 radical (unpaired) electrons. The van der Waals surface area contributed by atoms with Crippen LogP contribution in [0.4, 0.5) is 23.3 Å². The van der Waals surface area contributed by atoms with Crippen molar-refractivity contribution in [2.24, 2.45) is 0 Å². The van der Waals surface area contributed by atoms with Crippen LogP contribution in [-0.2, 0) is 9.53 Å². The van der Waals surface area contributed by atoms with Crippen molar-refractivity contribution in [3.8, 4) is 0 Å². The third-order valence-corrected chi connectivity index (χ3v) is 4.72. The van der Waals surface area contributed by atoms with Gasteiger partial charge in [-0.1, -0.05) is 11.3 Å². The van der Waals surface area contributed by atoms with Crippen LogP contribution in [0.2, 0.25) is 0 Å². The summed E-state index contributed by atoms with van der Waals surface area (Å²) >= 11 is 1.28. The number of piperazine rings is 1. The standard InChI is InChI=1S/C15H19F3N4O3S/c1-3-25-13(24)11-12(19-2)26-14(20-11)22-8-6-21(7-9-22)10(23)4-5-15(16,17)18/h4-5,19H,3,6-9H2,1-2H3/b5-4+. The van der Waals surface area contributed by atoms with Gasteiger partial charge in [-0.3, -0.25) is 4.79 Å². The van der Waals surface area contributed by atoms with Gasteiger partial charge in [-0.15, -0.1) is 0 Å². The monoisotopic (exact) mass is 392 g/mol. The third kappa shape index (κ3) is 5.10. The molecular weight excluding hydrogens is 373 g/mol. The molecule has 11 heteroatoms. The highest BCUT2D eigenvalue weighted by Gasteiger charge is 2.27. The van der Waals surface area contributed by atoms with E-state index in [1.54, 1.807) is 14.0 Å². The molecule has 1 saturated heterocycles. The summed E-state index contributed by atoms with van der Waals surface area (Å²) < 4.78 is 41.4. The van der Waals surface area contributed by atoms with E-state index in [0.717, 1.165) is 0 Å². The highest BCUT2D eigenvalue weighted by Crippen LogP contribution is 2.32. The molecule has 2 heterocycles.